The number of carbonyl (C=O) groups excluding carboxylic acids is 1. The summed E-state index contributed by atoms with van der Waals surface area (Å²) in [5.74, 6) is -0.124. The first kappa shape index (κ1) is 28.2. The molecular weight excluding hydrogens is 559 g/mol. The maximum atomic E-state index is 13.5. The number of amides is 1. The molecule has 0 saturated heterocycles. The Hall–Kier alpha value is -3.79. The van der Waals surface area contributed by atoms with Gasteiger partial charge in [-0.1, -0.05) is 29.3 Å². The van der Waals surface area contributed by atoms with E-state index >= 15 is 0 Å². The fraction of sp³-hybridized carbons (Fsp3) is 0.143. The Kier molecular flexibility index (Phi) is 8.64. The molecule has 11 heteroatoms. The molecule has 39 heavy (non-hydrogen) atoms. The fourth-order valence-electron chi connectivity index (χ4n) is 4.07. The Morgan fingerprint density at radius 1 is 1.00 bits per heavy atom. The van der Waals surface area contributed by atoms with Gasteiger partial charge in [0.05, 0.1) is 23.9 Å². The molecule has 0 unspecified atom stereocenters. The van der Waals surface area contributed by atoms with E-state index in [9.17, 15) is 13.2 Å². The summed E-state index contributed by atoms with van der Waals surface area (Å²) in [7, 11) is -2.63. The highest BCUT2D eigenvalue weighted by Crippen LogP contribution is 2.27. The highest BCUT2D eigenvalue weighted by atomic mass is 35.5. The van der Waals surface area contributed by atoms with Gasteiger partial charge in [0, 0.05) is 32.7 Å². The SMILES string of the molecule is COc1ccc(S(=O)(=O)N(CC(=O)N/N=C\c2cc(C)n(-c3ccc(Cl)cc3)c2C)c2cccc(Cl)c2)cc1. The standard InChI is InChI=1S/C28H26Cl2N4O4S/c1-19-15-21(20(2)34(19)24-9-7-22(29)8-10-24)17-31-32-28(35)18-33(25-6-4-5-23(30)16-25)39(36,37)27-13-11-26(38-3)12-14-27/h4-17H,18H2,1-3H3,(H,32,35)/b31-17-. The van der Waals surface area contributed by atoms with E-state index in [0.717, 1.165) is 26.9 Å². The third-order valence-electron chi connectivity index (χ3n) is 5.98. The van der Waals surface area contributed by atoms with Gasteiger partial charge in [-0.3, -0.25) is 9.10 Å². The van der Waals surface area contributed by atoms with E-state index in [0.29, 0.717) is 15.8 Å². The molecule has 0 aliphatic rings. The average molecular weight is 586 g/mol. The highest BCUT2D eigenvalue weighted by molar-refractivity contribution is 7.92. The molecule has 0 fully saturated rings. The molecule has 0 spiro atoms. The Morgan fingerprint density at radius 3 is 2.33 bits per heavy atom. The molecule has 0 aliphatic carbocycles. The molecular formula is C28H26Cl2N4O4S. The predicted molar refractivity (Wildman–Crippen MR) is 155 cm³/mol. The van der Waals surface area contributed by atoms with Crippen LogP contribution in [0, 0.1) is 13.8 Å². The van der Waals surface area contributed by atoms with E-state index in [1.807, 2.05) is 48.7 Å². The summed E-state index contributed by atoms with van der Waals surface area (Å²) < 4.78 is 35.2. The topological polar surface area (TPSA) is 93.0 Å². The molecule has 0 aliphatic heterocycles. The van der Waals surface area contributed by atoms with E-state index < -0.39 is 22.5 Å². The van der Waals surface area contributed by atoms with Crippen molar-refractivity contribution >= 4 is 51.0 Å². The van der Waals surface area contributed by atoms with Crippen molar-refractivity contribution in [3.63, 3.8) is 0 Å². The maximum absolute atomic E-state index is 13.5. The fourth-order valence-corrected chi connectivity index (χ4v) is 5.79. The van der Waals surface area contributed by atoms with Gasteiger partial charge in [0.1, 0.15) is 12.3 Å². The number of nitrogens with one attached hydrogen (secondary N) is 1. The molecule has 1 heterocycles. The van der Waals surface area contributed by atoms with Crippen LogP contribution in [-0.2, 0) is 14.8 Å². The number of benzene rings is 3. The van der Waals surface area contributed by atoms with Crippen molar-refractivity contribution in [1.82, 2.24) is 9.99 Å². The number of aryl methyl sites for hydroxylation is 1. The Balaban J connectivity index is 1.55. The van der Waals surface area contributed by atoms with Gasteiger partial charge in [0.25, 0.3) is 15.9 Å². The summed E-state index contributed by atoms with van der Waals surface area (Å²) in [5.41, 5.74) is 6.30. The molecule has 0 radical (unpaired) electrons. The average Bonchev–Trinajstić information content (AvgIpc) is 3.20. The van der Waals surface area contributed by atoms with Crippen molar-refractivity contribution in [2.24, 2.45) is 5.10 Å². The summed E-state index contributed by atoms with van der Waals surface area (Å²) in [6, 6.07) is 21.6. The second kappa shape index (κ2) is 11.9. The second-order valence-corrected chi connectivity index (χ2v) is 11.3. The van der Waals surface area contributed by atoms with Gasteiger partial charge >= 0.3 is 0 Å². The van der Waals surface area contributed by atoms with Gasteiger partial charge in [-0.25, -0.2) is 13.8 Å². The van der Waals surface area contributed by atoms with Gasteiger partial charge in [-0.2, -0.15) is 5.10 Å². The lowest BCUT2D eigenvalue weighted by Gasteiger charge is -2.24. The van der Waals surface area contributed by atoms with E-state index in [1.54, 1.807) is 18.2 Å². The normalized spacial score (nSPS) is 11.5. The molecule has 1 N–H and O–H groups in total. The lowest BCUT2D eigenvalue weighted by Crippen LogP contribution is -2.39. The number of ether oxygens (including phenoxy) is 1. The monoisotopic (exact) mass is 584 g/mol. The summed E-state index contributed by atoms with van der Waals surface area (Å²) in [4.78, 5) is 12.9. The van der Waals surface area contributed by atoms with Crippen LogP contribution in [0.4, 0.5) is 5.69 Å². The van der Waals surface area contributed by atoms with Crippen LogP contribution in [0.1, 0.15) is 17.0 Å². The lowest BCUT2D eigenvalue weighted by molar-refractivity contribution is -0.119. The molecule has 4 aromatic rings. The number of anilines is 1. The van der Waals surface area contributed by atoms with Gasteiger partial charge in [0.15, 0.2) is 0 Å². The zero-order valence-corrected chi connectivity index (χ0v) is 23.8. The number of halogens is 2. The number of carbonyl (C=O) groups is 1. The van der Waals surface area contributed by atoms with Crippen LogP contribution in [0.25, 0.3) is 5.69 Å². The zero-order valence-electron chi connectivity index (χ0n) is 21.4. The first-order valence-corrected chi connectivity index (χ1v) is 14.0. The second-order valence-electron chi connectivity index (χ2n) is 8.60. The van der Waals surface area contributed by atoms with Crippen molar-refractivity contribution in [3.05, 3.63) is 106 Å². The molecule has 1 aromatic heterocycles. The van der Waals surface area contributed by atoms with Crippen molar-refractivity contribution in [2.75, 3.05) is 18.0 Å². The van der Waals surface area contributed by atoms with E-state index in [2.05, 4.69) is 10.5 Å². The molecule has 0 bridgehead atoms. The minimum atomic E-state index is -4.12. The maximum Gasteiger partial charge on any atom is 0.264 e. The minimum absolute atomic E-state index is 0.00536. The summed E-state index contributed by atoms with van der Waals surface area (Å²) in [6.07, 6.45) is 1.52. The van der Waals surface area contributed by atoms with Gasteiger partial charge in [-0.15, -0.1) is 0 Å². The molecule has 3 aromatic carbocycles. The molecule has 0 atom stereocenters. The van der Waals surface area contributed by atoms with Crippen molar-refractivity contribution in [1.29, 1.82) is 0 Å². The first-order chi connectivity index (χ1) is 18.6. The third kappa shape index (κ3) is 6.44. The van der Waals surface area contributed by atoms with Gasteiger partial charge < -0.3 is 9.30 Å². The minimum Gasteiger partial charge on any atom is -0.497 e. The van der Waals surface area contributed by atoms with Crippen LogP contribution >= 0.6 is 23.2 Å². The Morgan fingerprint density at radius 2 is 1.69 bits per heavy atom. The van der Waals surface area contributed by atoms with Crippen LogP contribution in [0.15, 0.2) is 88.9 Å². The number of sulfonamides is 1. The van der Waals surface area contributed by atoms with E-state index in [1.165, 1.54) is 43.7 Å². The molecule has 4 rings (SSSR count). The third-order valence-corrected chi connectivity index (χ3v) is 8.25. The van der Waals surface area contributed by atoms with Crippen molar-refractivity contribution in [3.8, 4) is 11.4 Å². The van der Waals surface area contributed by atoms with Crippen LogP contribution in [0.5, 0.6) is 5.75 Å². The van der Waals surface area contributed by atoms with Crippen LogP contribution in [0.3, 0.4) is 0 Å². The Labute approximate surface area is 237 Å². The Bertz CT molecular complexity index is 1620. The molecule has 1 amide bonds. The van der Waals surface area contributed by atoms with Crippen LogP contribution < -0.4 is 14.5 Å². The number of rotatable bonds is 9. The van der Waals surface area contributed by atoms with Crippen LogP contribution in [-0.4, -0.2) is 38.8 Å². The summed E-state index contributed by atoms with van der Waals surface area (Å²) in [5, 5.41) is 5.06. The highest BCUT2D eigenvalue weighted by Gasteiger charge is 2.27. The number of hydrogen-bond acceptors (Lipinski definition) is 5. The quantitative estimate of drug-likeness (QED) is 0.200. The van der Waals surface area contributed by atoms with Crippen molar-refractivity contribution < 1.29 is 17.9 Å². The predicted octanol–water partition coefficient (Wildman–Crippen LogP) is 5.76. The first-order valence-electron chi connectivity index (χ1n) is 11.8. The number of hydrogen-bond donors (Lipinski definition) is 1. The number of aromatic nitrogens is 1. The van der Waals surface area contributed by atoms with E-state index in [4.69, 9.17) is 27.9 Å². The number of methoxy groups -OCH3 is 1. The summed E-state index contributed by atoms with van der Waals surface area (Å²) in [6.45, 7) is 3.38. The van der Waals surface area contributed by atoms with Gasteiger partial charge in [-0.05, 0) is 86.6 Å². The summed E-state index contributed by atoms with van der Waals surface area (Å²) >= 11 is 12.1. The molecule has 202 valence electrons. The van der Waals surface area contributed by atoms with Gasteiger partial charge in [0.2, 0.25) is 0 Å². The smallest absolute Gasteiger partial charge is 0.264 e. The molecule has 8 nitrogen and oxygen atoms in total. The van der Waals surface area contributed by atoms with Crippen molar-refractivity contribution in [2.45, 2.75) is 18.7 Å². The largest absolute Gasteiger partial charge is 0.497 e. The zero-order chi connectivity index (χ0) is 28.2. The number of nitrogens with zero attached hydrogens (tertiary/aromatic N) is 3. The number of hydrazone groups is 1. The molecule has 0 saturated carbocycles. The van der Waals surface area contributed by atoms with E-state index in [-0.39, 0.29) is 10.6 Å². The van der Waals surface area contributed by atoms with Crippen LogP contribution in [0.2, 0.25) is 10.0 Å². The lowest BCUT2D eigenvalue weighted by atomic mass is 10.2.